The molecule has 0 fully saturated rings. The highest BCUT2D eigenvalue weighted by molar-refractivity contribution is 7.20. The van der Waals surface area contributed by atoms with Crippen molar-refractivity contribution < 1.29 is 0 Å². The average Bonchev–Trinajstić information content (AvgIpc) is 2.72. The molecule has 1 unspecified atom stereocenters. The van der Waals surface area contributed by atoms with Gasteiger partial charge in [-0.15, -0.1) is 17.9 Å². The summed E-state index contributed by atoms with van der Waals surface area (Å²) in [5, 5.41) is 3.57. The third-order valence-corrected chi connectivity index (χ3v) is 4.62. The van der Waals surface area contributed by atoms with Crippen LogP contribution in [0.25, 0.3) is 0 Å². The molecule has 0 amide bonds. The fourth-order valence-corrected chi connectivity index (χ4v) is 3.67. The minimum Gasteiger partial charge on any atom is -0.310 e. The maximum atomic E-state index is 6.26. The molecule has 0 aliphatic carbocycles. The number of allylic oxidation sites excluding steroid dienone is 1. The third kappa shape index (κ3) is 6.31. The van der Waals surface area contributed by atoms with E-state index in [1.807, 2.05) is 12.1 Å². The Labute approximate surface area is 131 Å². The second-order valence-electron chi connectivity index (χ2n) is 4.71. The number of hydrogen-bond acceptors (Lipinski definition) is 2. The van der Waals surface area contributed by atoms with Crippen LogP contribution in [0.4, 0.5) is 0 Å². The van der Waals surface area contributed by atoms with Crippen LogP contribution in [-0.4, -0.2) is 6.54 Å². The molecule has 1 heterocycles. The van der Waals surface area contributed by atoms with Gasteiger partial charge in [0.1, 0.15) is 0 Å². The first-order chi connectivity index (χ1) is 9.19. The Morgan fingerprint density at radius 1 is 1.37 bits per heavy atom. The van der Waals surface area contributed by atoms with E-state index in [2.05, 4.69) is 18.8 Å². The van der Waals surface area contributed by atoms with Crippen LogP contribution in [0.3, 0.4) is 0 Å². The molecule has 19 heavy (non-hydrogen) atoms. The summed E-state index contributed by atoms with van der Waals surface area (Å²) in [6.45, 7) is 6.94. The summed E-state index contributed by atoms with van der Waals surface area (Å²) in [5.41, 5.74) is 1.16. The van der Waals surface area contributed by atoms with Gasteiger partial charge >= 0.3 is 0 Å². The van der Waals surface area contributed by atoms with Gasteiger partial charge < -0.3 is 5.32 Å². The van der Waals surface area contributed by atoms with Crippen LogP contribution in [-0.2, 0) is 0 Å². The zero-order valence-electron chi connectivity index (χ0n) is 11.6. The van der Waals surface area contributed by atoms with Gasteiger partial charge in [-0.05, 0) is 38.3 Å². The molecular weight excluding hydrogens is 297 g/mol. The number of nitrogens with one attached hydrogen (secondary N) is 1. The van der Waals surface area contributed by atoms with Crippen LogP contribution in [0.2, 0.25) is 8.67 Å². The predicted molar refractivity (Wildman–Crippen MR) is 88.7 cm³/mol. The van der Waals surface area contributed by atoms with Gasteiger partial charge in [0, 0.05) is 11.6 Å². The van der Waals surface area contributed by atoms with Crippen molar-refractivity contribution in [3.05, 3.63) is 33.0 Å². The lowest BCUT2D eigenvalue weighted by Crippen LogP contribution is -2.22. The molecule has 1 atom stereocenters. The van der Waals surface area contributed by atoms with Crippen LogP contribution in [0.5, 0.6) is 0 Å². The van der Waals surface area contributed by atoms with Gasteiger partial charge in [-0.2, -0.15) is 0 Å². The van der Waals surface area contributed by atoms with Gasteiger partial charge in [-0.1, -0.05) is 49.0 Å². The number of halogens is 2. The molecule has 0 saturated heterocycles. The zero-order valence-corrected chi connectivity index (χ0v) is 13.9. The molecule has 0 aliphatic rings. The summed E-state index contributed by atoms with van der Waals surface area (Å²) in [6, 6.07) is 2.34. The SMILES string of the molecule is C=CCCCCCC(NCCC)c1cc(Cl)sc1Cl. The number of hydrogen-bond donors (Lipinski definition) is 1. The van der Waals surface area contributed by atoms with Crippen molar-refractivity contribution in [2.75, 3.05) is 6.54 Å². The highest BCUT2D eigenvalue weighted by Gasteiger charge is 2.16. The molecule has 1 rings (SSSR count). The Kier molecular flexibility index (Phi) is 8.80. The van der Waals surface area contributed by atoms with Gasteiger partial charge in [0.2, 0.25) is 0 Å². The lowest BCUT2D eigenvalue weighted by Gasteiger charge is -2.18. The molecule has 1 nitrogen and oxygen atoms in total. The predicted octanol–water partition coefficient (Wildman–Crippen LogP) is 6.23. The van der Waals surface area contributed by atoms with Crippen LogP contribution in [0.1, 0.15) is 57.1 Å². The van der Waals surface area contributed by atoms with Crippen molar-refractivity contribution in [1.29, 1.82) is 0 Å². The van der Waals surface area contributed by atoms with E-state index in [4.69, 9.17) is 23.2 Å². The van der Waals surface area contributed by atoms with Gasteiger partial charge in [-0.3, -0.25) is 0 Å². The first-order valence-electron chi connectivity index (χ1n) is 6.98. The number of rotatable bonds is 10. The second kappa shape index (κ2) is 9.82. The van der Waals surface area contributed by atoms with Crippen molar-refractivity contribution in [2.24, 2.45) is 0 Å². The van der Waals surface area contributed by atoms with Crippen LogP contribution >= 0.6 is 34.5 Å². The molecular formula is C15H23Cl2NS. The Morgan fingerprint density at radius 3 is 2.74 bits per heavy atom. The van der Waals surface area contributed by atoms with Gasteiger partial charge in [-0.25, -0.2) is 0 Å². The number of thiophene rings is 1. The van der Waals surface area contributed by atoms with E-state index < -0.39 is 0 Å². The van der Waals surface area contributed by atoms with Crippen LogP contribution in [0, 0.1) is 0 Å². The van der Waals surface area contributed by atoms with E-state index in [9.17, 15) is 0 Å². The maximum Gasteiger partial charge on any atom is 0.0991 e. The largest absolute Gasteiger partial charge is 0.310 e. The normalized spacial score (nSPS) is 12.6. The summed E-state index contributed by atoms with van der Waals surface area (Å²) in [7, 11) is 0. The van der Waals surface area contributed by atoms with Crippen molar-refractivity contribution >= 4 is 34.5 Å². The van der Waals surface area contributed by atoms with Gasteiger partial charge in [0.15, 0.2) is 0 Å². The van der Waals surface area contributed by atoms with E-state index >= 15 is 0 Å². The average molecular weight is 320 g/mol. The molecule has 108 valence electrons. The molecule has 4 heteroatoms. The molecule has 0 radical (unpaired) electrons. The molecule has 0 spiro atoms. The molecule has 0 saturated carbocycles. The fraction of sp³-hybridized carbons (Fsp3) is 0.600. The Balaban J connectivity index is 2.51. The van der Waals surface area contributed by atoms with Crippen LogP contribution in [0.15, 0.2) is 18.7 Å². The number of unbranched alkanes of at least 4 members (excludes halogenated alkanes) is 3. The monoisotopic (exact) mass is 319 g/mol. The van der Waals surface area contributed by atoms with Crippen molar-refractivity contribution in [2.45, 2.75) is 51.5 Å². The van der Waals surface area contributed by atoms with Crippen molar-refractivity contribution in [3.8, 4) is 0 Å². The first-order valence-corrected chi connectivity index (χ1v) is 8.55. The highest BCUT2D eigenvalue weighted by Crippen LogP contribution is 2.36. The van der Waals surface area contributed by atoms with E-state index in [0.29, 0.717) is 6.04 Å². The summed E-state index contributed by atoms with van der Waals surface area (Å²) >= 11 is 13.8. The lowest BCUT2D eigenvalue weighted by molar-refractivity contribution is 0.473. The van der Waals surface area contributed by atoms with Crippen LogP contribution < -0.4 is 5.32 Å². The highest BCUT2D eigenvalue weighted by atomic mass is 35.5. The Morgan fingerprint density at radius 2 is 2.16 bits per heavy atom. The zero-order chi connectivity index (χ0) is 14.1. The standard InChI is InChI=1S/C15H23Cl2NS/c1-3-5-6-7-8-9-13(18-10-4-2)12-11-14(16)19-15(12)17/h3,11,13,18H,1,4-10H2,2H3. The molecule has 0 bridgehead atoms. The smallest absolute Gasteiger partial charge is 0.0991 e. The van der Waals surface area contributed by atoms with Crippen molar-refractivity contribution in [1.82, 2.24) is 5.32 Å². The first kappa shape index (κ1) is 17.0. The Bertz CT molecular complexity index is 376. The lowest BCUT2D eigenvalue weighted by atomic mass is 10.0. The molecule has 1 N–H and O–H groups in total. The van der Waals surface area contributed by atoms with E-state index in [0.717, 1.165) is 40.0 Å². The molecule has 1 aromatic rings. The fourth-order valence-electron chi connectivity index (χ4n) is 2.09. The summed E-state index contributed by atoms with van der Waals surface area (Å²) in [5.74, 6) is 0. The second-order valence-corrected chi connectivity index (χ2v) is 7.00. The quantitative estimate of drug-likeness (QED) is 0.398. The van der Waals surface area contributed by atoms with Gasteiger partial charge in [0.25, 0.3) is 0 Å². The Hall–Kier alpha value is -0.0200. The molecule has 1 aromatic heterocycles. The minimum atomic E-state index is 0.333. The summed E-state index contributed by atoms with van der Waals surface area (Å²) in [4.78, 5) is 0. The van der Waals surface area contributed by atoms with Gasteiger partial charge in [0.05, 0.1) is 8.67 Å². The molecule has 0 aliphatic heterocycles. The van der Waals surface area contributed by atoms with E-state index in [1.54, 1.807) is 0 Å². The maximum absolute atomic E-state index is 6.26. The topological polar surface area (TPSA) is 12.0 Å². The minimum absolute atomic E-state index is 0.333. The summed E-state index contributed by atoms with van der Waals surface area (Å²) < 4.78 is 1.60. The summed E-state index contributed by atoms with van der Waals surface area (Å²) in [6.07, 6.45) is 9.01. The van der Waals surface area contributed by atoms with E-state index in [1.165, 1.54) is 30.6 Å². The van der Waals surface area contributed by atoms with E-state index in [-0.39, 0.29) is 0 Å². The van der Waals surface area contributed by atoms with Crippen molar-refractivity contribution in [3.63, 3.8) is 0 Å². The third-order valence-electron chi connectivity index (χ3n) is 3.10. The molecule has 0 aromatic carbocycles.